The van der Waals surface area contributed by atoms with Gasteiger partial charge < -0.3 is 0 Å². The molecule has 1 aliphatic rings. The highest BCUT2D eigenvalue weighted by molar-refractivity contribution is 6.28. The van der Waals surface area contributed by atoms with Gasteiger partial charge in [0.05, 0.1) is 6.08 Å². The first-order valence-electron chi connectivity index (χ1n) is 5.76. The van der Waals surface area contributed by atoms with Gasteiger partial charge in [-0.1, -0.05) is 30.3 Å². The van der Waals surface area contributed by atoms with Crippen molar-refractivity contribution in [3.05, 3.63) is 71.8 Å². The van der Waals surface area contributed by atoms with Gasteiger partial charge in [0.25, 0.3) is 0 Å². The molecule has 2 aromatic rings. The molecule has 0 aliphatic heterocycles. The smallest absolute Gasteiger partial charge is 0.198 e. The molecular formula is C15H9ClN3+. The standard InChI is InChI=1S/C15H9ClN3/c16-15-18-13(11-7-3-1-4-8-11)17-14(19-15)12-9-5-2-6-10-12/h1-5,7-10H/q+1. The van der Waals surface area contributed by atoms with Crippen molar-refractivity contribution >= 4 is 17.2 Å². The van der Waals surface area contributed by atoms with Gasteiger partial charge in [-0.3, -0.25) is 0 Å². The highest BCUT2D eigenvalue weighted by atomic mass is 35.5. The molecule has 1 aliphatic carbocycles. The third-order valence-electron chi connectivity index (χ3n) is 2.61. The molecule has 0 unspecified atom stereocenters. The predicted molar refractivity (Wildman–Crippen MR) is 75.2 cm³/mol. The van der Waals surface area contributed by atoms with E-state index in [2.05, 4.69) is 21.0 Å². The van der Waals surface area contributed by atoms with Gasteiger partial charge in [-0.15, -0.1) is 0 Å². The van der Waals surface area contributed by atoms with E-state index in [1.165, 1.54) is 0 Å². The Labute approximate surface area is 116 Å². The van der Waals surface area contributed by atoms with E-state index in [-0.39, 0.29) is 5.28 Å². The molecule has 0 saturated carbocycles. The van der Waals surface area contributed by atoms with Crippen LogP contribution in [0, 0.1) is 6.08 Å². The Morgan fingerprint density at radius 2 is 1.74 bits per heavy atom. The highest BCUT2D eigenvalue weighted by Crippen LogP contribution is 2.20. The molecule has 90 valence electrons. The molecule has 0 radical (unpaired) electrons. The number of aromatic nitrogens is 3. The minimum absolute atomic E-state index is 0.188. The molecule has 3 nitrogen and oxygen atoms in total. The fourth-order valence-corrected chi connectivity index (χ4v) is 1.89. The first-order valence-corrected chi connectivity index (χ1v) is 6.14. The normalized spacial score (nSPS) is 13.0. The molecule has 0 amide bonds. The van der Waals surface area contributed by atoms with Crippen LogP contribution in [0.3, 0.4) is 0 Å². The maximum atomic E-state index is 5.98. The summed E-state index contributed by atoms with van der Waals surface area (Å²) in [5.41, 5.74) is 1.77. The molecule has 4 heteroatoms. The largest absolute Gasteiger partial charge is 0.227 e. The summed E-state index contributed by atoms with van der Waals surface area (Å²) >= 11 is 5.98. The van der Waals surface area contributed by atoms with Crippen molar-refractivity contribution in [2.24, 2.45) is 0 Å². The summed E-state index contributed by atoms with van der Waals surface area (Å²) in [5.74, 6) is 1.12. The van der Waals surface area contributed by atoms with Crippen LogP contribution in [0.1, 0.15) is 5.82 Å². The van der Waals surface area contributed by atoms with E-state index in [0.717, 1.165) is 11.1 Å². The summed E-state index contributed by atoms with van der Waals surface area (Å²) in [5, 5.41) is 0.188. The molecule has 19 heavy (non-hydrogen) atoms. The minimum Gasteiger partial charge on any atom is -0.198 e. The van der Waals surface area contributed by atoms with E-state index in [9.17, 15) is 0 Å². The van der Waals surface area contributed by atoms with Crippen molar-refractivity contribution in [2.75, 3.05) is 0 Å². The van der Waals surface area contributed by atoms with Crippen LogP contribution in [-0.2, 0) is 0 Å². The van der Waals surface area contributed by atoms with Crippen LogP contribution in [0.5, 0.6) is 0 Å². The number of benzene rings is 1. The Bertz CT molecular complexity index is 688. The summed E-state index contributed by atoms with van der Waals surface area (Å²) < 4.78 is 0. The molecule has 3 rings (SSSR count). The van der Waals surface area contributed by atoms with Crippen molar-refractivity contribution in [2.45, 2.75) is 0 Å². The molecular weight excluding hydrogens is 258 g/mol. The summed E-state index contributed by atoms with van der Waals surface area (Å²) in [6.07, 6.45) is 10.4. The second-order valence-electron chi connectivity index (χ2n) is 3.91. The average Bonchev–Trinajstić information content (AvgIpc) is 2.48. The lowest BCUT2D eigenvalue weighted by Gasteiger charge is -2.02. The van der Waals surface area contributed by atoms with Crippen molar-refractivity contribution < 1.29 is 0 Å². The van der Waals surface area contributed by atoms with Crippen LogP contribution in [0.4, 0.5) is 0 Å². The maximum Gasteiger partial charge on any atom is 0.227 e. The van der Waals surface area contributed by atoms with Gasteiger partial charge in [0, 0.05) is 17.7 Å². The van der Waals surface area contributed by atoms with Gasteiger partial charge in [0.2, 0.25) is 11.1 Å². The number of nitrogens with zero attached hydrogens (tertiary/aromatic N) is 3. The summed E-state index contributed by atoms with van der Waals surface area (Å²) in [7, 11) is 0. The van der Waals surface area contributed by atoms with Crippen LogP contribution in [0.25, 0.3) is 17.0 Å². The Balaban J connectivity index is 2.09. The van der Waals surface area contributed by atoms with Crippen LogP contribution >= 0.6 is 11.6 Å². The first kappa shape index (κ1) is 11.7. The van der Waals surface area contributed by atoms with E-state index in [0.29, 0.717) is 11.6 Å². The zero-order valence-electron chi connectivity index (χ0n) is 9.92. The van der Waals surface area contributed by atoms with Gasteiger partial charge in [-0.2, -0.15) is 15.0 Å². The number of rotatable bonds is 2. The van der Waals surface area contributed by atoms with Crippen LogP contribution in [0.15, 0.2) is 54.6 Å². The Kier molecular flexibility index (Phi) is 3.15. The number of hydrogen-bond acceptors (Lipinski definition) is 3. The second kappa shape index (κ2) is 5.11. The molecule has 1 aromatic heterocycles. The predicted octanol–water partition coefficient (Wildman–Crippen LogP) is 3.50. The number of hydrogen-bond donors (Lipinski definition) is 0. The summed E-state index contributed by atoms with van der Waals surface area (Å²) in [4.78, 5) is 12.8. The zero-order valence-corrected chi connectivity index (χ0v) is 10.7. The van der Waals surface area contributed by atoms with E-state index >= 15 is 0 Å². The van der Waals surface area contributed by atoms with Gasteiger partial charge in [0.1, 0.15) is 17.7 Å². The quantitative estimate of drug-likeness (QED) is 0.781. The van der Waals surface area contributed by atoms with Gasteiger partial charge in [-0.05, 0) is 11.6 Å². The number of halogens is 1. The maximum absolute atomic E-state index is 5.98. The van der Waals surface area contributed by atoms with Crippen molar-refractivity contribution in [1.82, 2.24) is 15.0 Å². The van der Waals surface area contributed by atoms with E-state index in [1.54, 1.807) is 0 Å². The topological polar surface area (TPSA) is 38.7 Å². The number of allylic oxidation sites excluding steroid dienone is 6. The van der Waals surface area contributed by atoms with E-state index < -0.39 is 0 Å². The average molecular weight is 267 g/mol. The summed E-state index contributed by atoms with van der Waals surface area (Å²) in [6.45, 7) is 0. The van der Waals surface area contributed by atoms with Crippen molar-refractivity contribution in [3.63, 3.8) is 0 Å². The minimum atomic E-state index is 0.188. The van der Waals surface area contributed by atoms with Gasteiger partial charge in [0.15, 0.2) is 5.82 Å². The summed E-state index contributed by atoms with van der Waals surface area (Å²) in [6, 6.07) is 9.68. The lowest BCUT2D eigenvalue weighted by atomic mass is 10.1. The second-order valence-corrected chi connectivity index (χ2v) is 4.25. The highest BCUT2D eigenvalue weighted by Gasteiger charge is 2.14. The van der Waals surface area contributed by atoms with Crippen LogP contribution in [-0.4, -0.2) is 15.0 Å². The molecule has 1 aromatic carbocycles. The van der Waals surface area contributed by atoms with Crippen molar-refractivity contribution in [1.29, 1.82) is 0 Å². The molecule has 0 bridgehead atoms. The molecule has 0 saturated heterocycles. The fraction of sp³-hybridized carbons (Fsp3) is 0. The lowest BCUT2D eigenvalue weighted by molar-refractivity contribution is 1.03. The lowest BCUT2D eigenvalue weighted by Crippen LogP contribution is -2.00. The molecule has 0 fully saturated rings. The van der Waals surface area contributed by atoms with E-state index in [4.69, 9.17) is 11.6 Å². The first-order chi connectivity index (χ1) is 9.33. The third kappa shape index (κ3) is 2.58. The van der Waals surface area contributed by atoms with E-state index in [1.807, 2.05) is 54.6 Å². The van der Waals surface area contributed by atoms with Crippen LogP contribution in [0.2, 0.25) is 5.28 Å². The van der Waals surface area contributed by atoms with Gasteiger partial charge >= 0.3 is 0 Å². The SMILES string of the molecule is Clc1nc(C2=CC=C[C+]=C2)nc(-c2ccccc2)n1. The van der Waals surface area contributed by atoms with Crippen LogP contribution < -0.4 is 0 Å². The Morgan fingerprint density at radius 3 is 2.47 bits per heavy atom. The molecule has 0 spiro atoms. The molecule has 1 heterocycles. The molecule has 0 N–H and O–H groups in total. The van der Waals surface area contributed by atoms with Crippen molar-refractivity contribution in [3.8, 4) is 11.4 Å². The Morgan fingerprint density at radius 1 is 0.947 bits per heavy atom. The fourth-order valence-electron chi connectivity index (χ4n) is 1.73. The molecule has 0 atom stereocenters. The zero-order chi connectivity index (χ0) is 13.1. The van der Waals surface area contributed by atoms with Gasteiger partial charge in [-0.25, -0.2) is 0 Å². The monoisotopic (exact) mass is 266 g/mol. The third-order valence-corrected chi connectivity index (χ3v) is 2.77. The Hall–Kier alpha value is -2.35.